The molecular formula is C23H21N4NaO3S. The summed E-state index contributed by atoms with van der Waals surface area (Å²) in [5.74, 6) is 0. The molecule has 0 bridgehead atoms. The Morgan fingerprint density at radius 2 is 1.66 bits per heavy atom. The van der Waals surface area contributed by atoms with Crippen LogP contribution in [0.15, 0.2) is 82.0 Å². The maximum atomic E-state index is 11.8. The standard InChI is InChI=1S/C23H20N4O3S.Na.H/c1-14-7-8-15(2)19(11-14)20-10-9-16(13-25-20)26-27-21-12-22(31(28,29)30)17-5-3-4-6-18(17)23(21)24;;/h3-13H,24H2,1-2H3,(H,28,29,30);;. The molecule has 3 N–H and O–H groups in total. The number of rotatable bonds is 4. The third-order valence-corrected chi connectivity index (χ3v) is 5.89. The zero-order valence-electron chi connectivity index (χ0n) is 16.9. The summed E-state index contributed by atoms with van der Waals surface area (Å²) in [5, 5.41) is 9.05. The van der Waals surface area contributed by atoms with Gasteiger partial charge in [-0.15, -0.1) is 10.2 Å². The molecule has 32 heavy (non-hydrogen) atoms. The Labute approximate surface area is 208 Å². The van der Waals surface area contributed by atoms with Gasteiger partial charge in [0.2, 0.25) is 0 Å². The van der Waals surface area contributed by atoms with Gasteiger partial charge in [0.25, 0.3) is 10.1 Å². The molecule has 0 unspecified atom stereocenters. The molecule has 0 saturated carbocycles. The maximum absolute atomic E-state index is 11.8. The van der Waals surface area contributed by atoms with Gasteiger partial charge in [-0.1, -0.05) is 42.0 Å². The van der Waals surface area contributed by atoms with Crippen molar-refractivity contribution in [2.24, 2.45) is 10.2 Å². The minimum absolute atomic E-state index is 0. The Kier molecular flexibility index (Phi) is 7.12. The SMILES string of the molecule is Cc1ccc(C)c(-c2ccc(N=Nc3cc(S(=O)(=O)O)c4ccccc4c3N)cn2)c1.[NaH]. The van der Waals surface area contributed by atoms with E-state index in [2.05, 4.69) is 33.4 Å². The Morgan fingerprint density at radius 1 is 0.938 bits per heavy atom. The molecule has 1 aromatic heterocycles. The number of pyridine rings is 1. The van der Waals surface area contributed by atoms with Crippen LogP contribution in [0.4, 0.5) is 17.1 Å². The topological polar surface area (TPSA) is 118 Å². The van der Waals surface area contributed by atoms with Crippen LogP contribution >= 0.6 is 0 Å². The van der Waals surface area contributed by atoms with Crippen molar-refractivity contribution in [2.75, 3.05) is 5.73 Å². The second-order valence-electron chi connectivity index (χ2n) is 7.25. The third kappa shape index (κ3) is 4.90. The summed E-state index contributed by atoms with van der Waals surface area (Å²) in [7, 11) is -4.47. The second-order valence-corrected chi connectivity index (χ2v) is 8.64. The molecule has 0 saturated heterocycles. The molecular weight excluding hydrogens is 435 g/mol. The van der Waals surface area contributed by atoms with Gasteiger partial charge in [0.1, 0.15) is 16.3 Å². The Balaban J connectivity index is 0.00000289. The number of benzene rings is 3. The van der Waals surface area contributed by atoms with Crippen LogP contribution in [0.3, 0.4) is 0 Å². The number of nitrogens with two attached hydrogens (primary N) is 1. The molecule has 0 radical (unpaired) electrons. The Bertz CT molecular complexity index is 1440. The molecule has 1 heterocycles. The fourth-order valence-corrected chi connectivity index (χ4v) is 4.09. The predicted molar refractivity (Wildman–Crippen MR) is 129 cm³/mol. The Morgan fingerprint density at radius 3 is 2.31 bits per heavy atom. The second kappa shape index (κ2) is 9.48. The summed E-state index contributed by atoms with van der Waals surface area (Å²) in [6.45, 7) is 4.06. The van der Waals surface area contributed by atoms with E-state index in [1.165, 1.54) is 6.07 Å². The molecule has 7 nitrogen and oxygen atoms in total. The van der Waals surface area contributed by atoms with Gasteiger partial charge in [-0.05, 0) is 43.7 Å². The average molecular weight is 457 g/mol. The quantitative estimate of drug-likeness (QED) is 0.191. The molecule has 0 amide bonds. The van der Waals surface area contributed by atoms with Crippen LogP contribution in [-0.2, 0) is 10.1 Å². The van der Waals surface area contributed by atoms with Crippen molar-refractivity contribution in [1.29, 1.82) is 0 Å². The number of fused-ring (bicyclic) bond motifs is 1. The fourth-order valence-electron chi connectivity index (χ4n) is 3.37. The van der Waals surface area contributed by atoms with Crippen LogP contribution in [0.5, 0.6) is 0 Å². The van der Waals surface area contributed by atoms with E-state index in [1.54, 1.807) is 36.5 Å². The molecule has 3 aromatic carbocycles. The number of aryl methyl sites for hydroxylation is 2. The third-order valence-electron chi connectivity index (χ3n) is 4.99. The van der Waals surface area contributed by atoms with Crippen molar-refractivity contribution < 1.29 is 13.0 Å². The molecule has 0 spiro atoms. The van der Waals surface area contributed by atoms with Crippen molar-refractivity contribution in [1.82, 2.24) is 4.98 Å². The number of hydrogen-bond acceptors (Lipinski definition) is 6. The number of nitrogens with zero attached hydrogens (tertiary/aromatic N) is 3. The van der Waals surface area contributed by atoms with Crippen molar-refractivity contribution in [3.63, 3.8) is 0 Å². The van der Waals surface area contributed by atoms with Crippen LogP contribution in [0.1, 0.15) is 11.1 Å². The van der Waals surface area contributed by atoms with E-state index in [-0.39, 0.29) is 45.8 Å². The zero-order chi connectivity index (χ0) is 22.2. The monoisotopic (exact) mass is 456 g/mol. The average Bonchev–Trinajstić information content (AvgIpc) is 2.75. The summed E-state index contributed by atoms with van der Waals surface area (Å²) in [6.07, 6.45) is 1.58. The van der Waals surface area contributed by atoms with Gasteiger partial charge in [0, 0.05) is 16.3 Å². The first-order valence-corrected chi connectivity index (χ1v) is 10.9. The molecule has 4 aromatic rings. The van der Waals surface area contributed by atoms with Crippen molar-refractivity contribution in [2.45, 2.75) is 18.7 Å². The van der Waals surface area contributed by atoms with Crippen LogP contribution in [0, 0.1) is 13.8 Å². The molecule has 0 fully saturated rings. The molecule has 4 rings (SSSR count). The van der Waals surface area contributed by atoms with Gasteiger partial charge in [0.05, 0.1) is 17.6 Å². The number of nitrogen functional groups attached to an aromatic ring is 1. The first-order valence-electron chi connectivity index (χ1n) is 9.48. The summed E-state index contributed by atoms with van der Waals surface area (Å²) in [4.78, 5) is 4.20. The van der Waals surface area contributed by atoms with Gasteiger partial charge in [-0.3, -0.25) is 9.54 Å². The molecule has 158 valence electrons. The summed E-state index contributed by atoms with van der Waals surface area (Å²) >= 11 is 0. The van der Waals surface area contributed by atoms with Crippen LogP contribution < -0.4 is 5.73 Å². The van der Waals surface area contributed by atoms with Crippen molar-refractivity contribution in [3.05, 3.63) is 78.0 Å². The number of anilines is 1. The Hall–Kier alpha value is -2.62. The number of aromatic nitrogens is 1. The first kappa shape index (κ1) is 24.0. The molecule has 0 aliphatic rings. The van der Waals surface area contributed by atoms with Crippen LogP contribution in [-0.4, -0.2) is 47.5 Å². The van der Waals surface area contributed by atoms with E-state index in [4.69, 9.17) is 5.73 Å². The van der Waals surface area contributed by atoms with Crippen LogP contribution in [0.25, 0.3) is 22.0 Å². The molecule has 0 atom stereocenters. The van der Waals surface area contributed by atoms with Crippen molar-refractivity contribution >= 4 is 67.5 Å². The van der Waals surface area contributed by atoms with Crippen molar-refractivity contribution in [3.8, 4) is 11.3 Å². The van der Waals surface area contributed by atoms with Gasteiger partial charge < -0.3 is 5.73 Å². The zero-order valence-corrected chi connectivity index (χ0v) is 17.8. The van der Waals surface area contributed by atoms with E-state index in [9.17, 15) is 13.0 Å². The van der Waals surface area contributed by atoms with Gasteiger partial charge >= 0.3 is 29.6 Å². The summed E-state index contributed by atoms with van der Waals surface area (Å²) in [6, 6.07) is 17.7. The predicted octanol–water partition coefficient (Wildman–Crippen LogP) is 5.11. The number of hydrogen-bond donors (Lipinski definition) is 2. The fraction of sp³-hybridized carbons (Fsp3) is 0.0870. The van der Waals surface area contributed by atoms with Gasteiger partial charge in [-0.25, -0.2) is 0 Å². The van der Waals surface area contributed by atoms with E-state index in [0.717, 1.165) is 22.4 Å². The number of azo groups is 1. The van der Waals surface area contributed by atoms with E-state index in [1.807, 2.05) is 19.9 Å². The molecule has 9 heteroatoms. The van der Waals surface area contributed by atoms with Crippen LogP contribution in [0.2, 0.25) is 0 Å². The van der Waals surface area contributed by atoms with Gasteiger partial charge in [0.15, 0.2) is 0 Å². The van der Waals surface area contributed by atoms with E-state index < -0.39 is 10.1 Å². The first-order chi connectivity index (χ1) is 14.7. The summed E-state index contributed by atoms with van der Waals surface area (Å²) < 4.78 is 33.3. The normalized spacial score (nSPS) is 11.6. The van der Waals surface area contributed by atoms with Gasteiger partial charge in [-0.2, -0.15) is 8.42 Å². The molecule has 0 aliphatic carbocycles. The van der Waals surface area contributed by atoms with E-state index in [0.29, 0.717) is 16.5 Å². The minimum atomic E-state index is -4.47. The summed E-state index contributed by atoms with van der Waals surface area (Å²) in [5.41, 5.74) is 11.2. The molecule has 0 aliphatic heterocycles. The van der Waals surface area contributed by atoms with E-state index >= 15 is 0 Å².